The van der Waals surface area contributed by atoms with Gasteiger partial charge in [-0.25, -0.2) is 4.98 Å². The molecule has 2 aromatic rings. The molecule has 0 radical (unpaired) electrons. The Morgan fingerprint density at radius 2 is 2.00 bits per heavy atom. The summed E-state index contributed by atoms with van der Waals surface area (Å²) in [5.74, 6) is -3.74. The maximum absolute atomic E-state index is 13.6. The molecule has 5 rings (SSSR count). The normalized spacial score (nSPS) is 21.6. The van der Waals surface area contributed by atoms with Crippen molar-refractivity contribution in [2.45, 2.75) is 38.5 Å². The van der Waals surface area contributed by atoms with Gasteiger partial charge in [0, 0.05) is 25.8 Å². The molecule has 0 spiro atoms. The lowest BCUT2D eigenvalue weighted by molar-refractivity contribution is -0.147. The number of amidine groups is 1. The molecule has 1 saturated heterocycles. The monoisotopic (exact) mass is 632 g/mol. The fourth-order valence-electron chi connectivity index (χ4n) is 5.16. The molecular formula is C27H32N6O8S2. The summed E-state index contributed by atoms with van der Waals surface area (Å²) in [4.78, 5) is 44.4. The van der Waals surface area contributed by atoms with E-state index in [2.05, 4.69) is 19.4 Å². The number of amides is 1. The molecule has 0 aliphatic carbocycles. The van der Waals surface area contributed by atoms with E-state index in [-0.39, 0.29) is 65.6 Å². The Balaban J connectivity index is 1.39. The molecule has 230 valence electrons. The Kier molecular flexibility index (Phi) is 8.28. The van der Waals surface area contributed by atoms with Crippen LogP contribution in [0.2, 0.25) is 0 Å². The van der Waals surface area contributed by atoms with Crippen molar-refractivity contribution in [1.29, 1.82) is 0 Å². The number of hydrogen-bond donors (Lipinski definition) is 2. The topological polar surface area (TPSA) is 185 Å². The number of ether oxygens (including phenoxy) is 1. The molecule has 3 aliphatic heterocycles. The molecule has 43 heavy (non-hydrogen) atoms. The number of pyridine rings is 1. The fourth-order valence-corrected chi connectivity index (χ4v) is 7.61. The number of aromatic nitrogens is 1. The summed E-state index contributed by atoms with van der Waals surface area (Å²) in [6.07, 6.45) is 2.41. The number of anilines is 3. The molecule has 1 amide bonds. The average Bonchev–Trinajstić information content (AvgIpc) is 3.45. The van der Waals surface area contributed by atoms with Crippen LogP contribution < -0.4 is 14.9 Å². The second kappa shape index (κ2) is 11.7. The van der Waals surface area contributed by atoms with Crippen molar-refractivity contribution >= 4 is 60.9 Å². The predicted molar refractivity (Wildman–Crippen MR) is 157 cm³/mol. The van der Waals surface area contributed by atoms with Crippen LogP contribution in [0.5, 0.6) is 0 Å². The molecule has 4 heterocycles. The number of nitrogens with zero attached hydrogens (tertiary/aromatic N) is 4. The van der Waals surface area contributed by atoms with Gasteiger partial charge >= 0.3 is 16.2 Å². The van der Waals surface area contributed by atoms with Crippen LogP contribution >= 0.6 is 0 Å². The standard InChI is InChI=1S/C27H32N6O8S2/c1-4-41-27(36)17-10-12-32(15-17)43(39,40)30-18-7-8-20-21(14-18)42(37,38)31-24(29-20)22-23(34)19-6-5-11-28-25(19)33(26(22)35)13-9-16(2)3/h5-8,11,14,16-17,22,30H,4,9-10,12-13,15H2,1-3H3,(H,29,31). The van der Waals surface area contributed by atoms with E-state index in [0.29, 0.717) is 12.8 Å². The van der Waals surface area contributed by atoms with Crippen LogP contribution in [-0.4, -0.2) is 75.9 Å². The second-order valence-electron chi connectivity index (χ2n) is 10.8. The van der Waals surface area contributed by atoms with E-state index < -0.39 is 49.7 Å². The number of benzene rings is 1. The summed E-state index contributed by atoms with van der Waals surface area (Å²) in [5.41, 5.74) is 0.162. The van der Waals surface area contributed by atoms with Crippen LogP contribution in [0.1, 0.15) is 44.0 Å². The number of rotatable bonds is 9. The lowest BCUT2D eigenvalue weighted by Gasteiger charge is -2.34. The average molecular weight is 633 g/mol. The van der Waals surface area contributed by atoms with Crippen LogP contribution in [0.4, 0.5) is 17.2 Å². The number of Topliss-reactive ketones (excluding diaryl/α,β-unsaturated/α-hetero) is 1. The van der Waals surface area contributed by atoms with Crippen molar-refractivity contribution in [3.63, 3.8) is 0 Å². The van der Waals surface area contributed by atoms with Gasteiger partial charge in [0.05, 0.1) is 29.5 Å². The maximum Gasteiger partial charge on any atom is 0.310 e. The molecular weight excluding hydrogens is 600 g/mol. The number of nitrogens with one attached hydrogen (secondary N) is 2. The van der Waals surface area contributed by atoms with Crippen molar-refractivity contribution in [1.82, 2.24) is 9.29 Å². The first-order chi connectivity index (χ1) is 20.3. The van der Waals surface area contributed by atoms with E-state index >= 15 is 0 Å². The number of ketones is 1. The lowest BCUT2D eigenvalue weighted by Crippen LogP contribution is -2.51. The van der Waals surface area contributed by atoms with Crippen LogP contribution in [0.3, 0.4) is 0 Å². The van der Waals surface area contributed by atoms with Gasteiger partial charge in [-0.05, 0) is 56.0 Å². The molecule has 2 atom stereocenters. The van der Waals surface area contributed by atoms with Crippen LogP contribution in [0, 0.1) is 17.8 Å². The Labute approximate surface area is 249 Å². The second-order valence-corrected chi connectivity index (χ2v) is 14.1. The molecule has 3 aliphatic rings. The third-order valence-corrected chi connectivity index (χ3v) is 10.2. The third-order valence-electron chi connectivity index (χ3n) is 7.38. The highest BCUT2D eigenvalue weighted by Gasteiger charge is 2.45. The zero-order valence-electron chi connectivity index (χ0n) is 23.8. The molecule has 14 nitrogen and oxygen atoms in total. The Hall–Kier alpha value is -3.89. The lowest BCUT2D eigenvalue weighted by atomic mass is 9.90. The summed E-state index contributed by atoms with van der Waals surface area (Å²) in [7, 11) is -8.58. The number of hydrogen-bond acceptors (Lipinski definition) is 10. The van der Waals surface area contributed by atoms with Gasteiger partial charge < -0.3 is 10.1 Å². The Morgan fingerprint density at radius 3 is 2.72 bits per heavy atom. The largest absolute Gasteiger partial charge is 0.466 e. The fraction of sp³-hybridized carbons (Fsp3) is 0.444. The van der Waals surface area contributed by atoms with Crippen LogP contribution in [-0.2, 0) is 34.6 Å². The van der Waals surface area contributed by atoms with Crippen molar-refractivity contribution in [3.05, 3.63) is 42.1 Å². The molecule has 2 N–H and O–H groups in total. The molecule has 0 saturated carbocycles. The first-order valence-electron chi connectivity index (χ1n) is 13.8. The van der Waals surface area contributed by atoms with Crippen molar-refractivity contribution in [2.24, 2.45) is 22.2 Å². The van der Waals surface area contributed by atoms with Crippen molar-refractivity contribution < 1.29 is 36.0 Å². The van der Waals surface area contributed by atoms with Crippen LogP contribution in [0.15, 0.2) is 45.8 Å². The van der Waals surface area contributed by atoms with Gasteiger partial charge in [0.15, 0.2) is 11.7 Å². The molecule has 1 aromatic carbocycles. The summed E-state index contributed by atoms with van der Waals surface area (Å²) in [6.45, 7) is 6.14. The number of carbonyl (C=O) groups excluding carboxylic acids is 3. The number of carbonyl (C=O) groups is 3. The van der Waals surface area contributed by atoms with Gasteiger partial charge in [0.25, 0.3) is 10.0 Å². The molecule has 16 heteroatoms. The molecule has 1 aromatic heterocycles. The molecule has 2 unspecified atom stereocenters. The predicted octanol–water partition coefficient (Wildman–Crippen LogP) is 2.03. The minimum absolute atomic E-state index is 0.0304. The highest BCUT2D eigenvalue weighted by molar-refractivity contribution is 7.91. The third kappa shape index (κ3) is 5.99. The van der Waals surface area contributed by atoms with E-state index in [1.54, 1.807) is 13.0 Å². The minimum atomic E-state index is -4.45. The SMILES string of the molecule is CCOC(=O)C1CCN(S(=O)(=O)Nc2ccc3c(c2)S(=O)(=O)N=C(C2C(=O)c4cccnc4N(CCC(C)C)C2=O)N3)C1. The van der Waals surface area contributed by atoms with Gasteiger partial charge in [-0.15, -0.1) is 4.40 Å². The van der Waals surface area contributed by atoms with Gasteiger partial charge in [0.2, 0.25) is 5.91 Å². The van der Waals surface area contributed by atoms with E-state index in [1.807, 2.05) is 13.8 Å². The first kappa shape index (κ1) is 30.6. The van der Waals surface area contributed by atoms with E-state index in [9.17, 15) is 31.2 Å². The Morgan fingerprint density at radius 1 is 1.23 bits per heavy atom. The summed E-state index contributed by atoms with van der Waals surface area (Å²) in [5, 5.41) is 2.82. The number of esters is 1. The zero-order chi connectivity index (χ0) is 31.1. The van der Waals surface area contributed by atoms with Crippen molar-refractivity contribution in [2.75, 3.05) is 41.2 Å². The van der Waals surface area contributed by atoms with E-state index in [1.165, 1.54) is 29.3 Å². The van der Waals surface area contributed by atoms with Gasteiger partial charge in [-0.2, -0.15) is 21.1 Å². The maximum atomic E-state index is 13.6. The molecule has 0 bridgehead atoms. The van der Waals surface area contributed by atoms with E-state index in [4.69, 9.17) is 4.74 Å². The Bertz CT molecular complexity index is 1720. The summed E-state index contributed by atoms with van der Waals surface area (Å²) < 4.78 is 64.9. The highest BCUT2D eigenvalue weighted by Crippen LogP contribution is 2.36. The molecule has 1 fully saturated rings. The van der Waals surface area contributed by atoms with Crippen LogP contribution in [0.25, 0.3) is 0 Å². The minimum Gasteiger partial charge on any atom is -0.466 e. The number of sulfonamides is 1. The van der Waals surface area contributed by atoms with Crippen molar-refractivity contribution in [3.8, 4) is 0 Å². The highest BCUT2D eigenvalue weighted by atomic mass is 32.2. The van der Waals surface area contributed by atoms with E-state index in [0.717, 1.165) is 10.4 Å². The quantitative estimate of drug-likeness (QED) is 0.306. The number of fused-ring (bicyclic) bond motifs is 2. The zero-order valence-corrected chi connectivity index (χ0v) is 25.4. The first-order valence-corrected chi connectivity index (χ1v) is 16.7. The van der Waals surface area contributed by atoms with Gasteiger partial charge in [-0.3, -0.25) is 24.0 Å². The summed E-state index contributed by atoms with van der Waals surface area (Å²) >= 11 is 0. The summed E-state index contributed by atoms with van der Waals surface area (Å²) in [6, 6.07) is 6.88. The van der Waals surface area contributed by atoms with Gasteiger partial charge in [-0.1, -0.05) is 13.8 Å². The smallest absolute Gasteiger partial charge is 0.310 e. The van der Waals surface area contributed by atoms with Gasteiger partial charge in [0.1, 0.15) is 16.5 Å².